The van der Waals surface area contributed by atoms with Crippen LogP contribution in [0.4, 0.5) is 0 Å². The summed E-state index contributed by atoms with van der Waals surface area (Å²) in [6.45, 7) is 0. The molecule has 0 bridgehead atoms. The van der Waals surface area contributed by atoms with Crippen LogP contribution >= 0.6 is 0 Å². The first-order valence-electron chi connectivity index (χ1n) is 6.75. The van der Waals surface area contributed by atoms with Crippen LogP contribution in [0.2, 0.25) is 0 Å². The number of phenols is 3. The van der Waals surface area contributed by atoms with Crippen molar-refractivity contribution in [3.05, 3.63) is 72.8 Å². The van der Waals surface area contributed by atoms with Crippen LogP contribution in [0.1, 0.15) is 0 Å². The minimum Gasteiger partial charge on any atom is -1.00 e. The van der Waals surface area contributed by atoms with Gasteiger partial charge in [-0.05, 0) is 72.8 Å². The fourth-order valence-electron chi connectivity index (χ4n) is 2.15. The first kappa shape index (κ1) is 17.1. The molecule has 0 unspecified atom stereocenters. The van der Waals surface area contributed by atoms with E-state index < -0.39 is 0 Å². The van der Waals surface area contributed by atoms with Gasteiger partial charge in [0.1, 0.15) is 17.2 Å². The van der Waals surface area contributed by atoms with Crippen molar-refractivity contribution in [2.24, 2.45) is 0 Å². The molecule has 3 aromatic rings. The van der Waals surface area contributed by atoms with Crippen molar-refractivity contribution in [3.8, 4) is 17.2 Å². The second-order valence-electron chi connectivity index (χ2n) is 4.79. The topological polar surface area (TPSA) is 60.7 Å². The van der Waals surface area contributed by atoms with Gasteiger partial charge in [-0.2, -0.15) is 0 Å². The highest BCUT2D eigenvalue weighted by atomic mass is 35.5. The van der Waals surface area contributed by atoms with Crippen LogP contribution in [0.15, 0.2) is 87.5 Å². The van der Waals surface area contributed by atoms with Gasteiger partial charge in [0, 0.05) is 0 Å². The van der Waals surface area contributed by atoms with Gasteiger partial charge in [-0.3, -0.25) is 0 Å². The molecule has 0 spiro atoms. The lowest BCUT2D eigenvalue weighted by Crippen LogP contribution is -3.00. The van der Waals surface area contributed by atoms with E-state index in [4.69, 9.17) is 0 Å². The molecular weight excluding hydrogens is 332 g/mol. The maximum absolute atomic E-state index is 9.49. The normalized spacial score (nSPS) is 10.3. The van der Waals surface area contributed by atoms with Gasteiger partial charge in [0.15, 0.2) is 14.7 Å². The van der Waals surface area contributed by atoms with Crippen LogP contribution in [0.5, 0.6) is 17.2 Å². The molecule has 0 aromatic heterocycles. The molecule has 3 N–H and O–H groups in total. The van der Waals surface area contributed by atoms with Crippen LogP contribution in [0.25, 0.3) is 0 Å². The second-order valence-corrected chi connectivity index (χ2v) is 6.81. The summed E-state index contributed by atoms with van der Waals surface area (Å²) in [7, 11) is -0.373. The third-order valence-corrected chi connectivity index (χ3v) is 5.45. The standard InChI is InChI=1S/C18H14O3S.ClH/c19-13-1-7-16(8-2-13)22(17-9-3-14(20)4-10-17)18-11-5-15(21)6-12-18;/h1-12H,(H2-,19,20,21);1H. The summed E-state index contributed by atoms with van der Waals surface area (Å²) in [4.78, 5) is 3.15. The summed E-state index contributed by atoms with van der Waals surface area (Å²) in [6, 6.07) is 21.3. The zero-order chi connectivity index (χ0) is 15.5. The second kappa shape index (κ2) is 7.31. The Balaban J connectivity index is 0.00000192. The van der Waals surface area contributed by atoms with Crippen molar-refractivity contribution >= 4 is 10.9 Å². The Labute approximate surface area is 143 Å². The highest BCUT2D eigenvalue weighted by Gasteiger charge is 2.28. The van der Waals surface area contributed by atoms with Gasteiger partial charge in [0.2, 0.25) is 0 Å². The predicted molar refractivity (Wildman–Crippen MR) is 86.5 cm³/mol. The number of halogens is 1. The van der Waals surface area contributed by atoms with Crippen LogP contribution in [-0.2, 0) is 10.9 Å². The molecule has 0 aliphatic heterocycles. The molecule has 0 atom stereocenters. The van der Waals surface area contributed by atoms with E-state index in [0.29, 0.717) is 0 Å². The molecule has 5 heteroatoms. The van der Waals surface area contributed by atoms with E-state index in [1.165, 1.54) is 0 Å². The zero-order valence-electron chi connectivity index (χ0n) is 12.1. The maximum Gasteiger partial charge on any atom is 0.166 e. The van der Waals surface area contributed by atoms with Gasteiger partial charge in [0.25, 0.3) is 0 Å². The number of rotatable bonds is 3. The zero-order valence-corrected chi connectivity index (χ0v) is 13.6. The van der Waals surface area contributed by atoms with E-state index >= 15 is 0 Å². The number of aromatic hydroxyl groups is 3. The first-order chi connectivity index (χ1) is 10.6. The third kappa shape index (κ3) is 3.92. The van der Waals surface area contributed by atoms with Crippen molar-refractivity contribution in [2.45, 2.75) is 14.7 Å². The summed E-state index contributed by atoms with van der Waals surface area (Å²) in [5.74, 6) is 0.677. The lowest BCUT2D eigenvalue weighted by atomic mass is 10.3. The molecule has 0 aliphatic carbocycles. The van der Waals surface area contributed by atoms with E-state index in [1.54, 1.807) is 36.4 Å². The average Bonchev–Trinajstić information content (AvgIpc) is 2.53. The fraction of sp³-hybridized carbons (Fsp3) is 0. The van der Waals surface area contributed by atoms with E-state index in [9.17, 15) is 15.3 Å². The smallest absolute Gasteiger partial charge is 0.166 e. The molecular formula is C18H15ClO3S. The number of benzene rings is 3. The summed E-state index contributed by atoms with van der Waals surface area (Å²) < 4.78 is 0. The molecule has 3 nitrogen and oxygen atoms in total. The Morgan fingerprint density at radius 1 is 0.435 bits per heavy atom. The van der Waals surface area contributed by atoms with Gasteiger partial charge in [-0.1, -0.05) is 0 Å². The minimum atomic E-state index is -0.373. The van der Waals surface area contributed by atoms with Gasteiger partial charge < -0.3 is 27.7 Å². The third-order valence-electron chi connectivity index (χ3n) is 3.22. The van der Waals surface area contributed by atoms with Gasteiger partial charge in [-0.15, -0.1) is 0 Å². The average molecular weight is 347 g/mol. The van der Waals surface area contributed by atoms with Crippen molar-refractivity contribution in [1.29, 1.82) is 0 Å². The van der Waals surface area contributed by atoms with Crippen molar-refractivity contribution in [2.75, 3.05) is 0 Å². The molecule has 0 saturated carbocycles. The first-order valence-corrected chi connectivity index (χ1v) is 7.97. The number of hydrogen-bond acceptors (Lipinski definition) is 3. The summed E-state index contributed by atoms with van der Waals surface area (Å²) in [6.07, 6.45) is 0. The monoisotopic (exact) mass is 346 g/mol. The maximum atomic E-state index is 9.49. The Morgan fingerprint density at radius 2 is 0.652 bits per heavy atom. The lowest BCUT2D eigenvalue weighted by Gasteiger charge is -2.08. The highest BCUT2D eigenvalue weighted by molar-refractivity contribution is 7.97. The van der Waals surface area contributed by atoms with Crippen LogP contribution < -0.4 is 12.4 Å². The Hall–Kier alpha value is -2.30. The number of phenolic OH excluding ortho intramolecular Hbond substituents is 3. The summed E-state index contributed by atoms with van der Waals surface area (Å²) in [5.41, 5.74) is 0. The molecule has 118 valence electrons. The van der Waals surface area contributed by atoms with E-state index in [2.05, 4.69) is 0 Å². The molecule has 0 fully saturated rings. The van der Waals surface area contributed by atoms with Gasteiger partial charge >= 0.3 is 0 Å². The predicted octanol–water partition coefficient (Wildman–Crippen LogP) is 0.903. The minimum absolute atomic E-state index is 0. The SMILES string of the molecule is Oc1ccc([S+](c2ccc(O)cc2)c2ccc(O)cc2)cc1.[Cl-]. The van der Waals surface area contributed by atoms with E-state index in [1.807, 2.05) is 36.4 Å². The summed E-state index contributed by atoms with van der Waals surface area (Å²) >= 11 is 0. The van der Waals surface area contributed by atoms with Gasteiger partial charge in [-0.25, -0.2) is 0 Å². The van der Waals surface area contributed by atoms with E-state index in [-0.39, 0.29) is 40.6 Å². The fourth-order valence-corrected chi connectivity index (χ4v) is 4.20. The van der Waals surface area contributed by atoms with Crippen molar-refractivity contribution in [1.82, 2.24) is 0 Å². The quantitative estimate of drug-likeness (QED) is 0.618. The largest absolute Gasteiger partial charge is 1.00 e. The molecule has 3 aromatic carbocycles. The highest BCUT2D eigenvalue weighted by Crippen LogP contribution is 2.33. The molecule has 0 aliphatic rings. The van der Waals surface area contributed by atoms with Crippen molar-refractivity contribution < 1.29 is 27.7 Å². The molecule has 0 amide bonds. The molecule has 0 heterocycles. The molecule has 23 heavy (non-hydrogen) atoms. The molecule has 0 radical (unpaired) electrons. The Bertz CT molecular complexity index is 648. The van der Waals surface area contributed by atoms with Crippen molar-refractivity contribution in [3.63, 3.8) is 0 Å². The molecule has 3 rings (SSSR count). The number of hydrogen-bond donors (Lipinski definition) is 3. The lowest BCUT2D eigenvalue weighted by molar-refractivity contribution is -0.00000751. The van der Waals surface area contributed by atoms with Crippen LogP contribution in [-0.4, -0.2) is 15.3 Å². The molecule has 0 saturated heterocycles. The Kier molecular flexibility index (Phi) is 5.42. The summed E-state index contributed by atoms with van der Waals surface area (Å²) in [5, 5.41) is 28.5. The Morgan fingerprint density at radius 3 is 0.870 bits per heavy atom. The van der Waals surface area contributed by atoms with Crippen LogP contribution in [0, 0.1) is 0 Å². The van der Waals surface area contributed by atoms with E-state index in [0.717, 1.165) is 14.7 Å². The van der Waals surface area contributed by atoms with Gasteiger partial charge in [0.05, 0.1) is 10.9 Å². The van der Waals surface area contributed by atoms with Crippen LogP contribution in [0.3, 0.4) is 0 Å².